The molecule has 0 spiro atoms. The van der Waals surface area contributed by atoms with Gasteiger partial charge in [0.15, 0.2) is 5.11 Å². The van der Waals surface area contributed by atoms with E-state index in [1.165, 1.54) is 15.3 Å². The number of thiocarbonyl (C=S) groups is 1. The monoisotopic (exact) mass is 320 g/mol. The Bertz CT molecular complexity index is 581. The highest BCUT2D eigenvalue weighted by Crippen LogP contribution is 2.35. The van der Waals surface area contributed by atoms with Crippen LogP contribution in [0, 0.1) is 0 Å². The summed E-state index contributed by atoms with van der Waals surface area (Å²) in [6.45, 7) is 0.798. The number of benzene rings is 1. The van der Waals surface area contributed by atoms with Crippen LogP contribution in [0.3, 0.4) is 0 Å². The van der Waals surface area contributed by atoms with Crippen LogP contribution >= 0.6 is 35.3 Å². The van der Waals surface area contributed by atoms with Gasteiger partial charge in [0.25, 0.3) is 0 Å². The lowest BCUT2D eigenvalue weighted by molar-refractivity contribution is 0.603. The maximum absolute atomic E-state index is 5.41. The lowest BCUT2D eigenvalue weighted by Gasteiger charge is -2.27. The maximum Gasteiger partial charge on any atom is 0.167 e. The molecule has 1 aromatic carbocycles. The fourth-order valence-electron chi connectivity index (χ4n) is 2.28. The summed E-state index contributed by atoms with van der Waals surface area (Å²) < 4.78 is 0. The van der Waals surface area contributed by atoms with Crippen molar-refractivity contribution in [2.24, 2.45) is 0 Å². The summed E-state index contributed by atoms with van der Waals surface area (Å²) in [6.07, 6.45) is 1.11. The van der Waals surface area contributed by atoms with Crippen LogP contribution in [-0.2, 0) is 6.54 Å². The average molecular weight is 321 g/mol. The van der Waals surface area contributed by atoms with Gasteiger partial charge in [-0.15, -0.1) is 23.1 Å². The second-order valence-corrected chi connectivity index (χ2v) is 7.21. The molecule has 0 unspecified atom stereocenters. The zero-order valence-corrected chi connectivity index (χ0v) is 13.4. The van der Waals surface area contributed by atoms with Gasteiger partial charge in [0.1, 0.15) is 0 Å². The molecular weight excluding hydrogens is 304 g/mol. The Morgan fingerprint density at radius 1 is 1.25 bits per heavy atom. The van der Waals surface area contributed by atoms with Gasteiger partial charge in [0.05, 0.1) is 12.6 Å². The highest BCUT2D eigenvalue weighted by Gasteiger charge is 2.20. The molecule has 0 bridgehead atoms. The van der Waals surface area contributed by atoms with Gasteiger partial charge >= 0.3 is 0 Å². The van der Waals surface area contributed by atoms with Crippen molar-refractivity contribution in [3.63, 3.8) is 0 Å². The van der Waals surface area contributed by atoms with E-state index in [9.17, 15) is 0 Å². The number of thioether (sulfide) groups is 1. The number of hydrogen-bond donors (Lipinski definition) is 2. The minimum atomic E-state index is 0.329. The molecule has 0 fully saturated rings. The number of fused-ring (bicyclic) bond motifs is 1. The van der Waals surface area contributed by atoms with E-state index in [2.05, 4.69) is 52.4 Å². The Morgan fingerprint density at radius 3 is 3.00 bits per heavy atom. The Labute approximate surface area is 133 Å². The quantitative estimate of drug-likeness (QED) is 0.836. The first-order chi connectivity index (χ1) is 9.83. The van der Waals surface area contributed by atoms with Crippen LogP contribution in [-0.4, -0.2) is 10.9 Å². The van der Waals surface area contributed by atoms with E-state index in [1.54, 1.807) is 11.3 Å². The van der Waals surface area contributed by atoms with Crippen molar-refractivity contribution in [1.82, 2.24) is 10.6 Å². The largest absolute Gasteiger partial charge is 0.358 e. The zero-order chi connectivity index (χ0) is 13.8. The van der Waals surface area contributed by atoms with Gasteiger partial charge in [-0.3, -0.25) is 0 Å². The van der Waals surface area contributed by atoms with Crippen LogP contribution in [0.5, 0.6) is 0 Å². The van der Waals surface area contributed by atoms with E-state index in [-0.39, 0.29) is 0 Å². The van der Waals surface area contributed by atoms with Crippen LogP contribution in [0.4, 0.5) is 0 Å². The van der Waals surface area contributed by atoms with E-state index < -0.39 is 0 Å². The molecule has 0 saturated carbocycles. The smallest absolute Gasteiger partial charge is 0.167 e. The van der Waals surface area contributed by atoms with Gasteiger partial charge in [-0.05, 0) is 41.7 Å². The lowest BCUT2D eigenvalue weighted by atomic mass is 10.0. The molecule has 1 aliphatic rings. The fraction of sp³-hybridized carbons (Fsp3) is 0.267. The summed E-state index contributed by atoms with van der Waals surface area (Å²) in [5, 5.41) is 9.56. The maximum atomic E-state index is 5.41. The van der Waals surface area contributed by atoms with Crippen molar-refractivity contribution < 1.29 is 0 Å². The van der Waals surface area contributed by atoms with Gasteiger partial charge in [-0.2, -0.15) is 0 Å². The molecule has 3 rings (SSSR count). The first-order valence-electron chi connectivity index (χ1n) is 6.61. The van der Waals surface area contributed by atoms with E-state index in [0.29, 0.717) is 6.04 Å². The molecule has 0 aliphatic carbocycles. The third-order valence-corrected chi connectivity index (χ3v) is 5.53. The molecule has 2 nitrogen and oxygen atoms in total. The lowest BCUT2D eigenvalue weighted by Crippen LogP contribution is -2.38. The molecule has 0 saturated heterocycles. The van der Waals surface area contributed by atoms with Crippen molar-refractivity contribution in [2.45, 2.75) is 23.9 Å². The Hall–Kier alpha value is -1.04. The summed E-state index contributed by atoms with van der Waals surface area (Å²) in [4.78, 5) is 2.67. The van der Waals surface area contributed by atoms with Gasteiger partial charge in [0.2, 0.25) is 0 Å². The van der Waals surface area contributed by atoms with Crippen LogP contribution in [0.25, 0.3) is 0 Å². The second kappa shape index (κ2) is 6.61. The molecule has 0 amide bonds. The van der Waals surface area contributed by atoms with Crippen molar-refractivity contribution in [3.8, 4) is 0 Å². The van der Waals surface area contributed by atoms with Gasteiger partial charge in [-0.1, -0.05) is 24.3 Å². The molecule has 20 heavy (non-hydrogen) atoms. The molecule has 1 atom stereocenters. The van der Waals surface area contributed by atoms with Gasteiger partial charge < -0.3 is 10.6 Å². The van der Waals surface area contributed by atoms with Crippen molar-refractivity contribution in [1.29, 1.82) is 0 Å². The van der Waals surface area contributed by atoms with Crippen molar-refractivity contribution >= 4 is 40.4 Å². The van der Waals surface area contributed by atoms with E-state index >= 15 is 0 Å². The van der Waals surface area contributed by atoms with Crippen LogP contribution < -0.4 is 10.6 Å². The molecule has 1 aromatic heterocycles. The van der Waals surface area contributed by atoms with E-state index in [0.717, 1.165) is 23.8 Å². The fourth-order valence-corrected chi connectivity index (χ4v) is 4.27. The summed E-state index contributed by atoms with van der Waals surface area (Å²) in [5.41, 5.74) is 1.36. The molecule has 104 valence electrons. The minimum Gasteiger partial charge on any atom is -0.358 e. The van der Waals surface area contributed by atoms with E-state index in [4.69, 9.17) is 12.2 Å². The molecule has 0 radical (unpaired) electrons. The minimum absolute atomic E-state index is 0.329. The van der Waals surface area contributed by atoms with Crippen molar-refractivity contribution in [3.05, 3.63) is 52.2 Å². The second-order valence-electron chi connectivity index (χ2n) is 4.63. The standard InChI is InChI=1S/C15H16N2S3/c18-15(16-10-11-4-3-8-19-11)17-13-7-9-20-14-6-2-1-5-12(13)14/h1-6,8,13H,7,9-10H2,(H2,16,17,18)/t13-/m0/s1. The Balaban J connectivity index is 1.59. The van der Waals surface area contributed by atoms with Crippen LogP contribution in [0.15, 0.2) is 46.7 Å². The van der Waals surface area contributed by atoms with Crippen LogP contribution in [0.1, 0.15) is 22.9 Å². The number of rotatable bonds is 3. The summed E-state index contributed by atoms with van der Waals surface area (Å²) >= 11 is 9.09. The summed E-state index contributed by atoms with van der Waals surface area (Å²) in [7, 11) is 0. The molecule has 2 aromatic rings. The zero-order valence-electron chi connectivity index (χ0n) is 11.0. The Kier molecular flexibility index (Phi) is 4.60. The first kappa shape index (κ1) is 13.9. The SMILES string of the molecule is S=C(NCc1cccs1)N[C@H]1CCSc2ccccc21. The van der Waals surface area contributed by atoms with Crippen LogP contribution in [0.2, 0.25) is 0 Å². The highest BCUT2D eigenvalue weighted by atomic mass is 32.2. The molecular formula is C15H16N2S3. The topological polar surface area (TPSA) is 24.1 Å². The molecule has 2 N–H and O–H groups in total. The summed E-state index contributed by atoms with van der Waals surface area (Å²) in [5.74, 6) is 1.14. The average Bonchev–Trinajstić information content (AvgIpc) is 2.99. The number of nitrogens with one attached hydrogen (secondary N) is 2. The highest BCUT2D eigenvalue weighted by molar-refractivity contribution is 7.99. The predicted octanol–water partition coefficient (Wildman–Crippen LogP) is 3.95. The third kappa shape index (κ3) is 3.34. The number of thiophene rings is 1. The normalized spacial score (nSPS) is 17.3. The summed E-state index contributed by atoms with van der Waals surface area (Å²) in [6, 6.07) is 13.1. The molecule has 5 heteroatoms. The van der Waals surface area contributed by atoms with Gasteiger partial charge in [-0.25, -0.2) is 0 Å². The third-order valence-electron chi connectivity index (χ3n) is 3.27. The molecule has 2 heterocycles. The van der Waals surface area contributed by atoms with Crippen molar-refractivity contribution in [2.75, 3.05) is 5.75 Å². The predicted molar refractivity (Wildman–Crippen MR) is 91.4 cm³/mol. The molecule has 1 aliphatic heterocycles. The van der Waals surface area contributed by atoms with Gasteiger partial charge in [0, 0.05) is 15.5 Å². The number of hydrogen-bond acceptors (Lipinski definition) is 3. The van der Waals surface area contributed by atoms with E-state index in [1.807, 2.05) is 11.8 Å². The Morgan fingerprint density at radius 2 is 2.15 bits per heavy atom. The first-order valence-corrected chi connectivity index (χ1v) is 8.89.